The van der Waals surface area contributed by atoms with E-state index < -0.39 is 24.5 Å². The van der Waals surface area contributed by atoms with Crippen LogP contribution in [0.1, 0.15) is 60.0 Å². The molecule has 0 aliphatic rings. The number of anilines is 2. The number of aryl methyl sites for hydroxylation is 1. The average molecular weight is 615 g/mol. The first-order valence-electron chi connectivity index (χ1n) is 14.3. The van der Waals surface area contributed by atoms with Gasteiger partial charge < -0.3 is 30.4 Å². The number of rotatable bonds is 16. The fourth-order valence-electron chi connectivity index (χ4n) is 4.08. The van der Waals surface area contributed by atoms with Gasteiger partial charge in [-0.05, 0) is 105 Å². The normalized spacial score (nSPS) is 11.4. The van der Waals surface area contributed by atoms with Gasteiger partial charge in [-0.25, -0.2) is 9.59 Å². The minimum atomic E-state index is -4.22. The summed E-state index contributed by atoms with van der Waals surface area (Å²) in [6.45, 7) is 2.64. The molecule has 3 rings (SSSR count). The lowest BCUT2D eigenvalue weighted by Crippen LogP contribution is -2.10. The molecule has 0 radical (unpaired) electrons. The molecule has 4 N–H and O–H groups in total. The van der Waals surface area contributed by atoms with Crippen LogP contribution in [-0.2, 0) is 9.53 Å². The molecule has 0 spiro atoms. The number of carbonyl (C=O) groups excluding carboxylic acids is 2. The van der Waals surface area contributed by atoms with Crippen LogP contribution in [0.5, 0.6) is 17.2 Å². The Morgan fingerprint density at radius 1 is 0.773 bits per heavy atom. The summed E-state index contributed by atoms with van der Waals surface area (Å²) >= 11 is 0. The molecule has 0 bridgehead atoms. The highest BCUT2D eigenvalue weighted by molar-refractivity contribution is 5.91. The molecule has 0 saturated carbocycles. The van der Waals surface area contributed by atoms with Gasteiger partial charge in [-0.1, -0.05) is 12.1 Å². The zero-order chi connectivity index (χ0) is 32.0. The third-order valence-electron chi connectivity index (χ3n) is 6.29. The maximum Gasteiger partial charge on any atom is 0.389 e. The first-order valence-corrected chi connectivity index (χ1v) is 14.3. The Kier molecular flexibility index (Phi) is 12.9. The van der Waals surface area contributed by atoms with Gasteiger partial charge in [-0.3, -0.25) is 0 Å². The van der Waals surface area contributed by atoms with Crippen LogP contribution in [0.2, 0.25) is 0 Å². The Hall–Kier alpha value is -4.67. The molecule has 236 valence electrons. The highest BCUT2D eigenvalue weighted by Gasteiger charge is 2.26. The lowest BCUT2D eigenvalue weighted by Gasteiger charge is -2.12. The smallest absolute Gasteiger partial charge is 0.389 e. The zero-order valence-corrected chi connectivity index (χ0v) is 24.5. The molecule has 0 aliphatic heterocycles. The summed E-state index contributed by atoms with van der Waals surface area (Å²) in [5.74, 6) is 0.121. The summed E-state index contributed by atoms with van der Waals surface area (Å²) in [7, 11) is 0. The molecule has 0 atom stereocenters. The number of carbonyl (C=O) groups is 2. The molecule has 11 heteroatoms. The van der Waals surface area contributed by atoms with E-state index in [1.807, 2.05) is 19.1 Å². The van der Waals surface area contributed by atoms with Crippen LogP contribution in [-0.4, -0.2) is 37.9 Å². The summed E-state index contributed by atoms with van der Waals surface area (Å²) in [4.78, 5) is 24.4. The van der Waals surface area contributed by atoms with Gasteiger partial charge in [0.1, 0.15) is 11.5 Å². The zero-order valence-electron chi connectivity index (χ0n) is 24.5. The molecule has 0 saturated heterocycles. The number of hydrogen-bond donors (Lipinski definition) is 2. The van der Waals surface area contributed by atoms with E-state index in [4.69, 9.17) is 30.4 Å². The maximum absolute atomic E-state index is 12.4. The number of ether oxygens (including phenoxy) is 4. The second kappa shape index (κ2) is 16.8. The summed E-state index contributed by atoms with van der Waals surface area (Å²) in [6, 6.07) is 16.1. The fourth-order valence-corrected chi connectivity index (χ4v) is 4.08. The minimum absolute atomic E-state index is 0.0820. The molecule has 3 aromatic carbocycles. The van der Waals surface area contributed by atoms with E-state index in [0.717, 1.165) is 31.2 Å². The van der Waals surface area contributed by atoms with E-state index in [2.05, 4.69) is 0 Å². The predicted octanol–water partition coefficient (Wildman–Crippen LogP) is 7.30. The third-order valence-corrected chi connectivity index (χ3v) is 6.29. The van der Waals surface area contributed by atoms with Crippen LogP contribution >= 0.6 is 0 Å². The van der Waals surface area contributed by atoms with Crippen LogP contribution in [0.4, 0.5) is 24.5 Å². The summed E-state index contributed by atoms with van der Waals surface area (Å²) in [6.07, 6.45) is 0.977. The molecule has 0 fully saturated rings. The van der Waals surface area contributed by atoms with Crippen molar-refractivity contribution in [2.24, 2.45) is 0 Å². The number of benzene rings is 3. The van der Waals surface area contributed by atoms with Crippen LogP contribution in [0.25, 0.3) is 6.08 Å². The first kappa shape index (κ1) is 33.8. The number of nitrogens with two attached hydrogens (primary N) is 2. The largest absolute Gasteiger partial charge is 0.494 e. The topological polar surface area (TPSA) is 123 Å². The monoisotopic (exact) mass is 614 g/mol. The molecule has 0 amide bonds. The molecular weight excluding hydrogens is 577 g/mol. The van der Waals surface area contributed by atoms with Gasteiger partial charge in [0.05, 0.1) is 36.8 Å². The molecule has 44 heavy (non-hydrogen) atoms. The highest BCUT2D eigenvalue weighted by Crippen LogP contribution is 2.30. The van der Waals surface area contributed by atoms with E-state index in [9.17, 15) is 22.8 Å². The van der Waals surface area contributed by atoms with Gasteiger partial charge in [0, 0.05) is 12.5 Å². The number of esters is 2. The predicted molar refractivity (Wildman–Crippen MR) is 163 cm³/mol. The minimum Gasteiger partial charge on any atom is -0.494 e. The molecule has 0 aliphatic carbocycles. The molecule has 0 heterocycles. The van der Waals surface area contributed by atoms with Crippen molar-refractivity contribution in [2.75, 3.05) is 31.3 Å². The van der Waals surface area contributed by atoms with Gasteiger partial charge in [0.2, 0.25) is 0 Å². The lowest BCUT2D eigenvalue weighted by atomic mass is 10.2. The average Bonchev–Trinajstić information content (AvgIpc) is 2.97. The van der Waals surface area contributed by atoms with Crippen LogP contribution < -0.4 is 25.7 Å². The molecule has 0 unspecified atom stereocenters. The Morgan fingerprint density at radius 2 is 1.36 bits per heavy atom. The van der Waals surface area contributed by atoms with Gasteiger partial charge in [0.15, 0.2) is 5.75 Å². The molecular formula is C33H37F3N2O6. The van der Waals surface area contributed by atoms with E-state index in [1.54, 1.807) is 30.3 Å². The first-order chi connectivity index (χ1) is 21.0. The van der Waals surface area contributed by atoms with Crippen LogP contribution in [0.3, 0.4) is 0 Å². The van der Waals surface area contributed by atoms with Crippen molar-refractivity contribution < 1.29 is 41.7 Å². The van der Waals surface area contributed by atoms with Gasteiger partial charge in [-0.15, -0.1) is 0 Å². The number of nitrogen functional groups attached to an aromatic ring is 2. The van der Waals surface area contributed by atoms with Crippen molar-refractivity contribution in [1.29, 1.82) is 0 Å². The van der Waals surface area contributed by atoms with Crippen LogP contribution in [0.15, 0.2) is 66.7 Å². The van der Waals surface area contributed by atoms with Crippen molar-refractivity contribution in [1.82, 2.24) is 0 Å². The van der Waals surface area contributed by atoms with Crippen molar-refractivity contribution in [3.05, 3.63) is 83.4 Å². The SMILES string of the molecule is Cc1cc(N)c(OCCCCCCOC(=O)C=Cc2ccc(OC(=O)c3ccc(OCCCC(F)(F)F)cc3)cc2)c(N)c1. The van der Waals surface area contributed by atoms with Crippen molar-refractivity contribution >= 4 is 29.4 Å². The summed E-state index contributed by atoms with van der Waals surface area (Å²) in [5, 5.41) is 0. The van der Waals surface area contributed by atoms with E-state index in [0.29, 0.717) is 47.4 Å². The fraction of sp³-hybridized carbons (Fsp3) is 0.333. The van der Waals surface area contributed by atoms with E-state index in [-0.39, 0.29) is 18.6 Å². The van der Waals surface area contributed by atoms with Crippen molar-refractivity contribution in [3.8, 4) is 17.2 Å². The number of hydrogen-bond acceptors (Lipinski definition) is 8. The van der Waals surface area contributed by atoms with Crippen molar-refractivity contribution in [3.63, 3.8) is 0 Å². The third kappa shape index (κ3) is 12.3. The maximum atomic E-state index is 12.4. The van der Waals surface area contributed by atoms with Gasteiger partial charge in [0.25, 0.3) is 0 Å². The van der Waals surface area contributed by atoms with Gasteiger partial charge in [-0.2, -0.15) is 13.2 Å². The molecule has 0 aromatic heterocycles. The second-order valence-corrected chi connectivity index (χ2v) is 10.1. The Labute approximate surface area is 254 Å². The number of alkyl halides is 3. The number of unbranched alkanes of at least 4 members (excludes halogenated alkanes) is 3. The lowest BCUT2D eigenvalue weighted by molar-refractivity contribution is -0.138. The highest BCUT2D eigenvalue weighted by atomic mass is 19.4. The molecule has 3 aromatic rings. The van der Waals surface area contributed by atoms with Crippen molar-refractivity contribution in [2.45, 2.75) is 51.6 Å². The van der Waals surface area contributed by atoms with Crippen LogP contribution in [0, 0.1) is 6.92 Å². The van der Waals surface area contributed by atoms with Gasteiger partial charge >= 0.3 is 18.1 Å². The standard InChI is InChI=1S/C33H37F3N2O6/c1-23-21-28(37)31(29(38)22-23)43-19-5-3-2-4-18-42-30(39)16-9-24-7-12-27(13-8-24)44-32(40)25-10-14-26(15-11-25)41-20-6-17-33(34,35)36/h7-16,21-22H,2-6,17-20,37-38H2,1H3. The second-order valence-electron chi connectivity index (χ2n) is 10.1. The van der Waals surface area contributed by atoms with E-state index in [1.165, 1.54) is 30.3 Å². The summed E-state index contributed by atoms with van der Waals surface area (Å²) < 4.78 is 58.2. The van der Waals surface area contributed by atoms with E-state index >= 15 is 0 Å². The Morgan fingerprint density at radius 3 is 2.00 bits per heavy atom. The number of halogens is 3. The Bertz CT molecular complexity index is 1370. The molecule has 8 nitrogen and oxygen atoms in total. The summed E-state index contributed by atoms with van der Waals surface area (Å²) in [5.41, 5.74) is 14.9. The quantitative estimate of drug-likeness (QED) is 0.0567. The Balaban J connectivity index is 1.29.